The molecule has 0 saturated carbocycles. The lowest BCUT2D eigenvalue weighted by atomic mass is 10.1. The summed E-state index contributed by atoms with van der Waals surface area (Å²) in [7, 11) is 0. The van der Waals surface area contributed by atoms with E-state index in [2.05, 4.69) is 19.6 Å². The van der Waals surface area contributed by atoms with Crippen LogP contribution in [0.5, 0.6) is 0 Å². The third-order valence-corrected chi connectivity index (χ3v) is 4.61. The van der Waals surface area contributed by atoms with E-state index in [0.717, 1.165) is 39.3 Å². The second-order valence-corrected chi connectivity index (χ2v) is 5.20. The Morgan fingerprint density at radius 1 is 0.625 bits per heavy atom. The van der Waals surface area contributed by atoms with E-state index in [-0.39, 0.29) is 12.3 Å². The molecule has 4 atom stereocenters. The van der Waals surface area contributed by atoms with E-state index >= 15 is 0 Å². The lowest BCUT2D eigenvalue weighted by Gasteiger charge is -2.53. The van der Waals surface area contributed by atoms with E-state index in [9.17, 15) is 10.2 Å². The third kappa shape index (κ3) is 1.02. The quantitative estimate of drug-likeness (QED) is 0.478. The SMILES string of the molecule is OC1C(O)N2CCN3CCN4CCN1C4C32. The third-order valence-electron chi connectivity index (χ3n) is 4.61. The van der Waals surface area contributed by atoms with Gasteiger partial charge in [-0.15, -0.1) is 0 Å². The molecule has 4 unspecified atom stereocenters. The molecule has 4 saturated heterocycles. The Kier molecular flexibility index (Phi) is 1.92. The molecule has 0 aromatic heterocycles. The number of hydrogen-bond donors (Lipinski definition) is 2. The molecule has 0 radical (unpaired) electrons. The van der Waals surface area contributed by atoms with Crippen LogP contribution < -0.4 is 0 Å². The Morgan fingerprint density at radius 3 is 1.44 bits per heavy atom. The maximum atomic E-state index is 10.1. The van der Waals surface area contributed by atoms with Crippen LogP contribution in [0.25, 0.3) is 0 Å². The van der Waals surface area contributed by atoms with Crippen LogP contribution in [0.4, 0.5) is 0 Å². The standard InChI is InChI=1S/C10H18N4O2/c15-9-10(16)14-6-4-12-2-1-11-3-5-13(9)7(11)8(12)14/h7-10,15-16H,1-6H2. The zero-order valence-electron chi connectivity index (χ0n) is 9.24. The molecule has 4 fully saturated rings. The second kappa shape index (κ2) is 3.16. The molecule has 90 valence electrons. The van der Waals surface area contributed by atoms with Gasteiger partial charge in [-0.1, -0.05) is 0 Å². The van der Waals surface area contributed by atoms with Gasteiger partial charge in [0.15, 0.2) is 0 Å². The molecule has 0 aromatic carbocycles. The van der Waals surface area contributed by atoms with Gasteiger partial charge >= 0.3 is 0 Å². The summed E-state index contributed by atoms with van der Waals surface area (Å²) >= 11 is 0. The lowest BCUT2D eigenvalue weighted by Crippen LogP contribution is -2.72. The van der Waals surface area contributed by atoms with Crippen LogP contribution in [-0.2, 0) is 0 Å². The van der Waals surface area contributed by atoms with Crippen LogP contribution in [-0.4, -0.2) is 93.9 Å². The van der Waals surface area contributed by atoms with E-state index in [4.69, 9.17) is 0 Å². The van der Waals surface area contributed by atoms with Crippen molar-refractivity contribution in [2.24, 2.45) is 0 Å². The Labute approximate surface area is 94.6 Å². The smallest absolute Gasteiger partial charge is 0.148 e. The summed E-state index contributed by atoms with van der Waals surface area (Å²) in [6, 6.07) is 0. The number of aliphatic hydroxyl groups excluding tert-OH is 2. The van der Waals surface area contributed by atoms with E-state index in [1.165, 1.54) is 0 Å². The monoisotopic (exact) mass is 226 g/mol. The Hall–Kier alpha value is -0.240. The molecule has 6 nitrogen and oxygen atoms in total. The molecule has 4 aliphatic rings. The molecular formula is C10H18N4O2. The molecule has 16 heavy (non-hydrogen) atoms. The predicted molar refractivity (Wildman–Crippen MR) is 56.1 cm³/mol. The Balaban J connectivity index is 1.75. The summed E-state index contributed by atoms with van der Waals surface area (Å²) in [6.45, 7) is 5.98. The summed E-state index contributed by atoms with van der Waals surface area (Å²) in [4.78, 5) is 9.00. The van der Waals surface area contributed by atoms with Gasteiger partial charge in [-0.3, -0.25) is 19.6 Å². The van der Waals surface area contributed by atoms with E-state index in [0.29, 0.717) is 0 Å². The summed E-state index contributed by atoms with van der Waals surface area (Å²) in [5.74, 6) is 0. The highest BCUT2D eigenvalue weighted by Crippen LogP contribution is 2.37. The zero-order valence-corrected chi connectivity index (χ0v) is 9.24. The average Bonchev–Trinajstić information content (AvgIpc) is 2.88. The number of nitrogens with zero attached hydrogens (tertiary/aromatic N) is 4. The van der Waals surface area contributed by atoms with E-state index in [1.54, 1.807) is 0 Å². The van der Waals surface area contributed by atoms with Crippen LogP contribution in [0.1, 0.15) is 0 Å². The van der Waals surface area contributed by atoms with Crippen LogP contribution in [0.3, 0.4) is 0 Å². The zero-order chi connectivity index (χ0) is 10.9. The van der Waals surface area contributed by atoms with Crippen molar-refractivity contribution in [3.8, 4) is 0 Å². The normalized spacial score (nSPS) is 49.9. The van der Waals surface area contributed by atoms with Crippen molar-refractivity contribution < 1.29 is 10.2 Å². The molecule has 4 rings (SSSR count). The fraction of sp³-hybridized carbons (Fsp3) is 1.00. The van der Waals surface area contributed by atoms with Gasteiger partial charge in [0.25, 0.3) is 0 Å². The van der Waals surface area contributed by atoms with Gasteiger partial charge < -0.3 is 10.2 Å². The van der Waals surface area contributed by atoms with Gasteiger partial charge in [-0.25, -0.2) is 0 Å². The highest BCUT2D eigenvalue weighted by Gasteiger charge is 2.57. The van der Waals surface area contributed by atoms with Crippen LogP contribution in [0, 0.1) is 0 Å². The maximum absolute atomic E-state index is 10.1. The van der Waals surface area contributed by atoms with Gasteiger partial charge in [-0.2, -0.15) is 0 Å². The average molecular weight is 226 g/mol. The summed E-state index contributed by atoms with van der Waals surface area (Å²) in [5, 5.41) is 20.2. The molecule has 6 heteroatoms. The first-order valence-corrected chi connectivity index (χ1v) is 6.13. The maximum Gasteiger partial charge on any atom is 0.148 e. The number of hydrogen-bond acceptors (Lipinski definition) is 6. The number of rotatable bonds is 0. The lowest BCUT2D eigenvalue weighted by molar-refractivity contribution is -0.235. The molecule has 0 bridgehead atoms. The highest BCUT2D eigenvalue weighted by molar-refractivity contribution is 5.04. The van der Waals surface area contributed by atoms with E-state index < -0.39 is 12.5 Å². The molecule has 2 N–H and O–H groups in total. The van der Waals surface area contributed by atoms with Crippen molar-refractivity contribution in [2.75, 3.05) is 39.3 Å². The topological polar surface area (TPSA) is 53.4 Å². The van der Waals surface area contributed by atoms with Gasteiger partial charge in [0.05, 0.1) is 12.3 Å². The molecule has 0 aliphatic carbocycles. The number of piperazine rings is 2. The van der Waals surface area contributed by atoms with Crippen molar-refractivity contribution in [2.45, 2.75) is 24.8 Å². The molecule has 0 amide bonds. The van der Waals surface area contributed by atoms with Gasteiger partial charge in [0.2, 0.25) is 0 Å². The van der Waals surface area contributed by atoms with Crippen molar-refractivity contribution in [3.63, 3.8) is 0 Å². The van der Waals surface area contributed by atoms with E-state index in [1.807, 2.05) is 0 Å². The molecule has 4 heterocycles. The van der Waals surface area contributed by atoms with Crippen LogP contribution in [0.15, 0.2) is 0 Å². The largest absolute Gasteiger partial charge is 0.374 e. The van der Waals surface area contributed by atoms with Crippen LogP contribution >= 0.6 is 0 Å². The fourth-order valence-corrected chi connectivity index (χ4v) is 3.82. The predicted octanol–water partition coefficient (Wildman–Crippen LogP) is -2.46. The minimum Gasteiger partial charge on any atom is -0.374 e. The van der Waals surface area contributed by atoms with Gasteiger partial charge in [-0.05, 0) is 0 Å². The molecule has 0 aromatic rings. The van der Waals surface area contributed by atoms with Crippen molar-refractivity contribution in [3.05, 3.63) is 0 Å². The molecular weight excluding hydrogens is 208 g/mol. The summed E-state index contributed by atoms with van der Waals surface area (Å²) in [6.07, 6.45) is -0.863. The first-order chi connectivity index (χ1) is 7.77. The second-order valence-electron chi connectivity index (χ2n) is 5.20. The van der Waals surface area contributed by atoms with Crippen molar-refractivity contribution in [1.29, 1.82) is 0 Å². The summed E-state index contributed by atoms with van der Waals surface area (Å²) in [5.41, 5.74) is 0. The van der Waals surface area contributed by atoms with Gasteiger partial charge in [0.1, 0.15) is 12.5 Å². The Morgan fingerprint density at radius 2 is 1.00 bits per heavy atom. The van der Waals surface area contributed by atoms with Crippen molar-refractivity contribution in [1.82, 2.24) is 19.6 Å². The molecule has 4 aliphatic heterocycles. The minimum atomic E-state index is -0.718. The highest BCUT2D eigenvalue weighted by atomic mass is 16.4. The Bertz CT molecular complexity index is 285. The van der Waals surface area contributed by atoms with Crippen LogP contribution in [0.2, 0.25) is 0 Å². The first-order valence-electron chi connectivity index (χ1n) is 6.13. The minimum absolute atomic E-state index is 0.287. The molecule has 0 spiro atoms. The first kappa shape index (κ1) is 9.76. The fourth-order valence-electron chi connectivity index (χ4n) is 3.82. The van der Waals surface area contributed by atoms with Crippen molar-refractivity contribution >= 4 is 0 Å². The van der Waals surface area contributed by atoms with Gasteiger partial charge in [0, 0.05) is 39.3 Å². The summed E-state index contributed by atoms with van der Waals surface area (Å²) < 4.78 is 0. The number of aliphatic hydroxyl groups is 2.